The smallest absolute Gasteiger partial charge is 0.218 e. The van der Waals surface area contributed by atoms with E-state index in [4.69, 9.17) is 9.84 Å². The van der Waals surface area contributed by atoms with Crippen molar-refractivity contribution in [2.24, 2.45) is 0 Å². The molecule has 0 aliphatic carbocycles. The van der Waals surface area contributed by atoms with Gasteiger partial charge in [0.05, 0.1) is 31.8 Å². The largest absolute Gasteiger partial charge is 0.481 e. The molecule has 0 aliphatic rings. The van der Waals surface area contributed by atoms with Gasteiger partial charge in [0.25, 0.3) is 0 Å². The zero-order chi connectivity index (χ0) is 15.4. The quantitative estimate of drug-likeness (QED) is 0.696. The summed E-state index contributed by atoms with van der Waals surface area (Å²) >= 11 is 0. The molecule has 0 saturated carbocycles. The molecule has 0 bridgehead atoms. The van der Waals surface area contributed by atoms with Crippen LogP contribution < -0.4 is 10.1 Å². The Balaban J connectivity index is 1.85. The Hall–Kier alpha value is -2.74. The molecule has 3 rings (SSSR count). The van der Waals surface area contributed by atoms with Gasteiger partial charge in [0.2, 0.25) is 5.88 Å². The van der Waals surface area contributed by atoms with Gasteiger partial charge in [0.1, 0.15) is 12.1 Å². The fraction of sp³-hybridized carbons (Fsp3) is 0.286. The normalized spacial score (nSPS) is 10.8. The van der Waals surface area contributed by atoms with Gasteiger partial charge >= 0.3 is 0 Å². The molecule has 0 fully saturated rings. The van der Waals surface area contributed by atoms with E-state index in [1.54, 1.807) is 24.2 Å². The summed E-state index contributed by atoms with van der Waals surface area (Å²) in [6.45, 7) is 0.932. The summed E-state index contributed by atoms with van der Waals surface area (Å²) in [5.41, 5.74) is 1.62. The maximum absolute atomic E-state index is 9.04. The van der Waals surface area contributed by atoms with Gasteiger partial charge in [0.15, 0.2) is 5.65 Å². The molecular formula is C14H16N6O2. The molecule has 3 aromatic heterocycles. The van der Waals surface area contributed by atoms with Crippen molar-refractivity contribution in [3.05, 3.63) is 36.4 Å². The number of nitrogens with one attached hydrogen (secondary N) is 1. The lowest BCUT2D eigenvalue weighted by atomic mass is 10.2. The Kier molecular flexibility index (Phi) is 4.10. The second-order valence-electron chi connectivity index (χ2n) is 4.58. The number of aliphatic hydroxyl groups excluding tert-OH is 1. The number of aliphatic hydroxyl groups is 1. The first-order chi connectivity index (χ1) is 10.8. The second kappa shape index (κ2) is 6.35. The van der Waals surface area contributed by atoms with Crippen LogP contribution >= 0.6 is 0 Å². The molecule has 0 aliphatic heterocycles. The molecule has 0 radical (unpaired) electrons. The molecule has 22 heavy (non-hydrogen) atoms. The van der Waals surface area contributed by atoms with Crippen LogP contribution in [-0.4, -0.2) is 43.6 Å². The third-order valence-electron chi connectivity index (χ3n) is 3.23. The minimum absolute atomic E-state index is 0.0103. The number of fused-ring (bicyclic) bond motifs is 1. The van der Waals surface area contributed by atoms with E-state index < -0.39 is 0 Å². The van der Waals surface area contributed by atoms with E-state index in [0.29, 0.717) is 30.4 Å². The zero-order valence-electron chi connectivity index (χ0n) is 12.1. The van der Waals surface area contributed by atoms with Gasteiger partial charge in [-0.25, -0.2) is 19.6 Å². The lowest BCUT2D eigenvalue weighted by Crippen LogP contribution is -2.06. The predicted molar refractivity (Wildman–Crippen MR) is 80.5 cm³/mol. The first-order valence-corrected chi connectivity index (χ1v) is 6.82. The SMILES string of the molecule is COc1ncccc1CNc1ncnc2c1cnn2CCO. The highest BCUT2D eigenvalue weighted by Crippen LogP contribution is 2.21. The van der Waals surface area contributed by atoms with E-state index in [2.05, 4.69) is 25.4 Å². The molecule has 114 valence electrons. The van der Waals surface area contributed by atoms with Crippen LogP contribution in [0.2, 0.25) is 0 Å². The first kappa shape index (κ1) is 14.2. The fourth-order valence-corrected chi connectivity index (χ4v) is 2.21. The molecule has 3 aromatic rings. The number of hydrogen-bond acceptors (Lipinski definition) is 7. The van der Waals surface area contributed by atoms with Gasteiger partial charge in [-0.2, -0.15) is 5.10 Å². The average molecular weight is 300 g/mol. The average Bonchev–Trinajstić information content (AvgIpc) is 2.97. The third-order valence-corrected chi connectivity index (χ3v) is 3.23. The van der Waals surface area contributed by atoms with Gasteiger partial charge in [-0.15, -0.1) is 0 Å². The minimum Gasteiger partial charge on any atom is -0.481 e. The molecule has 0 atom stereocenters. The third kappa shape index (κ3) is 2.68. The summed E-state index contributed by atoms with van der Waals surface area (Å²) < 4.78 is 6.87. The Morgan fingerprint density at radius 1 is 1.32 bits per heavy atom. The van der Waals surface area contributed by atoms with Crippen LogP contribution in [0, 0.1) is 0 Å². The summed E-state index contributed by atoms with van der Waals surface area (Å²) in [7, 11) is 1.59. The summed E-state index contributed by atoms with van der Waals surface area (Å²) in [5, 5.41) is 17.3. The molecule has 0 saturated heterocycles. The summed E-state index contributed by atoms with van der Waals surface area (Å²) in [6.07, 6.45) is 4.85. The molecule has 8 heteroatoms. The highest BCUT2D eigenvalue weighted by Gasteiger charge is 2.10. The number of nitrogens with zero attached hydrogens (tertiary/aromatic N) is 5. The van der Waals surface area contributed by atoms with Crippen molar-refractivity contribution in [2.45, 2.75) is 13.1 Å². The van der Waals surface area contributed by atoms with E-state index in [9.17, 15) is 0 Å². The van der Waals surface area contributed by atoms with E-state index in [1.165, 1.54) is 6.33 Å². The van der Waals surface area contributed by atoms with Crippen molar-refractivity contribution < 1.29 is 9.84 Å². The van der Waals surface area contributed by atoms with Gasteiger partial charge < -0.3 is 15.2 Å². The van der Waals surface area contributed by atoms with Crippen molar-refractivity contribution in [1.29, 1.82) is 0 Å². The molecule has 8 nitrogen and oxygen atoms in total. The van der Waals surface area contributed by atoms with Crippen LogP contribution in [0.5, 0.6) is 5.88 Å². The molecular weight excluding hydrogens is 284 g/mol. The number of rotatable bonds is 6. The predicted octanol–water partition coefficient (Wildman–Crippen LogP) is 0.834. The van der Waals surface area contributed by atoms with Crippen molar-refractivity contribution in [2.75, 3.05) is 19.0 Å². The number of ether oxygens (including phenoxy) is 1. The molecule has 0 amide bonds. The van der Waals surface area contributed by atoms with E-state index in [1.807, 2.05) is 12.1 Å². The molecule has 0 unspecified atom stereocenters. The molecule has 0 aromatic carbocycles. The summed E-state index contributed by atoms with van der Waals surface area (Å²) in [4.78, 5) is 12.6. The summed E-state index contributed by atoms with van der Waals surface area (Å²) in [5.74, 6) is 1.26. The van der Waals surface area contributed by atoms with Crippen LogP contribution in [0.25, 0.3) is 11.0 Å². The maximum Gasteiger partial charge on any atom is 0.218 e. The zero-order valence-corrected chi connectivity index (χ0v) is 12.1. The molecule has 3 heterocycles. The van der Waals surface area contributed by atoms with E-state index in [0.717, 1.165) is 10.9 Å². The van der Waals surface area contributed by atoms with Gasteiger partial charge in [-0.05, 0) is 6.07 Å². The molecule has 2 N–H and O–H groups in total. The van der Waals surface area contributed by atoms with Crippen molar-refractivity contribution in [1.82, 2.24) is 24.7 Å². The maximum atomic E-state index is 9.04. The van der Waals surface area contributed by atoms with Crippen LogP contribution in [0.1, 0.15) is 5.56 Å². The minimum atomic E-state index is 0.0103. The monoisotopic (exact) mass is 300 g/mol. The number of pyridine rings is 1. The topological polar surface area (TPSA) is 98.0 Å². The Labute approximate surface area is 126 Å². The Morgan fingerprint density at radius 3 is 3.05 bits per heavy atom. The summed E-state index contributed by atoms with van der Waals surface area (Å²) in [6, 6.07) is 3.79. The lowest BCUT2D eigenvalue weighted by molar-refractivity contribution is 0.271. The first-order valence-electron chi connectivity index (χ1n) is 6.82. The standard InChI is InChI=1S/C14H16N6O2/c1-22-14-10(3-2-4-15-14)7-16-12-11-8-19-20(5-6-21)13(11)18-9-17-12/h2-4,8-9,21H,5-7H2,1H3,(H,16,17,18). The van der Waals surface area contributed by atoms with Crippen LogP contribution in [0.4, 0.5) is 5.82 Å². The Bertz CT molecular complexity index is 773. The van der Waals surface area contributed by atoms with Gasteiger partial charge in [-0.3, -0.25) is 0 Å². The highest BCUT2D eigenvalue weighted by atomic mass is 16.5. The van der Waals surface area contributed by atoms with Crippen molar-refractivity contribution >= 4 is 16.9 Å². The lowest BCUT2D eigenvalue weighted by Gasteiger charge is -2.09. The number of hydrogen-bond donors (Lipinski definition) is 2. The van der Waals surface area contributed by atoms with Gasteiger partial charge in [0, 0.05) is 18.3 Å². The van der Waals surface area contributed by atoms with Crippen molar-refractivity contribution in [3.8, 4) is 5.88 Å². The van der Waals surface area contributed by atoms with Crippen molar-refractivity contribution in [3.63, 3.8) is 0 Å². The fourth-order valence-electron chi connectivity index (χ4n) is 2.21. The van der Waals surface area contributed by atoms with Gasteiger partial charge in [-0.1, -0.05) is 6.07 Å². The van der Waals surface area contributed by atoms with E-state index >= 15 is 0 Å². The van der Waals surface area contributed by atoms with Crippen LogP contribution in [0.3, 0.4) is 0 Å². The highest BCUT2D eigenvalue weighted by molar-refractivity contribution is 5.86. The van der Waals surface area contributed by atoms with E-state index in [-0.39, 0.29) is 6.61 Å². The molecule has 0 spiro atoms. The number of anilines is 1. The Morgan fingerprint density at radius 2 is 2.23 bits per heavy atom. The number of aromatic nitrogens is 5. The number of methoxy groups -OCH3 is 1. The van der Waals surface area contributed by atoms with Crippen LogP contribution in [-0.2, 0) is 13.1 Å². The second-order valence-corrected chi connectivity index (χ2v) is 4.58. The van der Waals surface area contributed by atoms with Crippen LogP contribution in [0.15, 0.2) is 30.9 Å².